The van der Waals surface area contributed by atoms with Gasteiger partial charge < -0.3 is 18.9 Å². The molecule has 1 heterocycles. The summed E-state index contributed by atoms with van der Waals surface area (Å²) in [6.45, 7) is 2.87. The van der Waals surface area contributed by atoms with Crippen molar-refractivity contribution in [3.05, 3.63) is 40.3 Å². The summed E-state index contributed by atoms with van der Waals surface area (Å²) < 4.78 is 60.6. The molecule has 0 N–H and O–H groups in total. The Morgan fingerprint density at radius 2 is 1.76 bits per heavy atom. The number of rotatable bonds is 7. The van der Waals surface area contributed by atoms with Crippen LogP contribution < -0.4 is 0 Å². The first-order chi connectivity index (χ1) is 15.4. The Bertz CT molecular complexity index is 939. The van der Waals surface area contributed by atoms with E-state index in [4.69, 9.17) is 24.5 Å². The maximum atomic E-state index is 13.1. The van der Waals surface area contributed by atoms with E-state index in [0.29, 0.717) is 0 Å². The molecule has 1 unspecified atom stereocenters. The number of azide groups is 1. The highest BCUT2D eigenvalue weighted by molar-refractivity contribution is 7.99. The number of hydrogen-bond donors (Lipinski definition) is 0. The second-order valence-electron chi connectivity index (χ2n) is 6.83. The number of nitrogens with zero attached hydrogens (tertiary/aromatic N) is 3. The zero-order chi connectivity index (χ0) is 24.8. The highest BCUT2D eigenvalue weighted by Crippen LogP contribution is 2.39. The number of alkyl halides is 3. The van der Waals surface area contributed by atoms with E-state index in [1.807, 2.05) is 0 Å². The van der Waals surface area contributed by atoms with Gasteiger partial charge in [0.15, 0.2) is 0 Å². The molecule has 10 nitrogen and oxygen atoms in total. The zero-order valence-electron chi connectivity index (χ0n) is 17.6. The van der Waals surface area contributed by atoms with Crippen LogP contribution >= 0.6 is 11.8 Å². The van der Waals surface area contributed by atoms with Gasteiger partial charge in [0.05, 0.1) is 5.56 Å². The SMILES string of the molecule is CC(=O)OC[C@H]1O[C@H](Sc2cccc(C(F)(F)F)c2)[C@H](OC(C)=O)C(N=[N+]=[N-])[C@H]1OC(C)=O. The minimum Gasteiger partial charge on any atom is -0.463 e. The molecule has 0 saturated carbocycles. The molecule has 1 aliphatic rings. The van der Waals surface area contributed by atoms with E-state index < -0.39 is 66.0 Å². The molecule has 0 amide bonds. The topological polar surface area (TPSA) is 137 Å². The molecule has 14 heteroatoms. The molecule has 1 aliphatic heterocycles. The van der Waals surface area contributed by atoms with Crippen LogP contribution in [-0.2, 0) is 39.5 Å². The van der Waals surface area contributed by atoms with E-state index in [-0.39, 0.29) is 4.90 Å². The molecule has 2 rings (SSSR count). The number of halogens is 3. The molecule has 0 bridgehead atoms. The van der Waals surface area contributed by atoms with E-state index in [0.717, 1.165) is 44.7 Å². The number of ether oxygens (including phenoxy) is 4. The standard InChI is InChI=1S/C19H20F3N3O7S/c1-9(26)29-8-14-16(30-10(2)27)15(24-25-23)17(31-11(3)28)18(32-14)33-13-6-4-5-12(7-13)19(20,21)22/h4-7,14-18H,8H2,1-3H3/t14-,15?,16+,17-,18-/m1/s1. The van der Waals surface area contributed by atoms with E-state index >= 15 is 0 Å². The summed E-state index contributed by atoms with van der Waals surface area (Å²) in [7, 11) is 0. The van der Waals surface area contributed by atoms with Crippen LogP contribution in [0.3, 0.4) is 0 Å². The Kier molecular flexibility index (Phi) is 8.97. The average molecular weight is 491 g/mol. The van der Waals surface area contributed by atoms with Gasteiger partial charge in [0.1, 0.15) is 36.4 Å². The Balaban J connectivity index is 2.47. The van der Waals surface area contributed by atoms with Crippen molar-refractivity contribution in [2.24, 2.45) is 5.11 Å². The van der Waals surface area contributed by atoms with E-state index in [1.54, 1.807) is 0 Å². The summed E-state index contributed by atoms with van der Waals surface area (Å²) in [6, 6.07) is 3.02. The molecule has 1 saturated heterocycles. The first-order valence-corrected chi connectivity index (χ1v) is 10.3. The molecule has 1 aromatic rings. The number of thioether (sulfide) groups is 1. The molecule has 5 atom stereocenters. The van der Waals surface area contributed by atoms with Gasteiger partial charge >= 0.3 is 24.1 Å². The van der Waals surface area contributed by atoms with Crippen molar-refractivity contribution in [3.63, 3.8) is 0 Å². The molecule has 0 spiro atoms. The van der Waals surface area contributed by atoms with Gasteiger partial charge in [0.2, 0.25) is 0 Å². The molecule has 1 aromatic carbocycles. The summed E-state index contributed by atoms with van der Waals surface area (Å²) in [5.74, 6) is -2.25. The van der Waals surface area contributed by atoms with E-state index in [1.165, 1.54) is 12.1 Å². The lowest BCUT2D eigenvalue weighted by Gasteiger charge is -2.43. The first-order valence-electron chi connectivity index (χ1n) is 9.43. The number of benzene rings is 1. The van der Waals surface area contributed by atoms with Crippen molar-refractivity contribution in [3.8, 4) is 0 Å². The van der Waals surface area contributed by atoms with Crippen LogP contribution in [0.15, 0.2) is 34.3 Å². The van der Waals surface area contributed by atoms with Gasteiger partial charge in [-0.2, -0.15) is 13.2 Å². The average Bonchev–Trinajstić information content (AvgIpc) is 2.70. The van der Waals surface area contributed by atoms with Crippen molar-refractivity contribution in [1.29, 1.82) is 0 Å². The quantitative estimate of drug-likeness (QED) is 0.185. The van der Waals surface area contributed by atoms with Crippen LogP contribution in [0, 0.1) is 0 Å². The van der Waals surface area contributed by atoms with Gasteiger partial charge in [-0.3, -0.25) is 14.4 Å². The summed E-state index contributed by atoms with van der Waals surface area (Å²) >= 11 is 0.770. The maximum absolute atomic E-state index is 13.1. The molecule has 0 radical (unpaired) electrons. The van der Waals surface area contributed by atoms with Crippen molar-refractivity contribution in [1.82, 2.24) is 0 Å². The van der Waals surface area contributed by atoms with Crippen LogP contribution in [0.2, 0.25) is 0 Å². The molecule has 1 fully saturated rings. The lowest BCUT2D eigenvalue weighted by molar-refractivity contribution is -0.201. The van der Waals surface area contributed by atoms with E-state index in [2.05, 4.69) is 10.0 Å². The van der Waals surface area contributed by atoms with Crippen molar-refractivity contribution in [2.45, 2.75) is 61.6 Å². The number of carbonyl (C=O) groups excluding carboxylic acids is 3. The van der Waals surface area contributed by atoms with Gasteiger partial charge in [0, 0.05) is 30.6 Å². The van der Waals surface area contributed by atoms with Crippen molar-refractivity contribution in [2.75, 3.05) is 6.61 Å². The zero-order valence-corrected chi connectivity index (χ0v) is 18.5. The first kappa shape index (κ1) is 26.3. The second-order valence-corrected chi connectivity index (χ2v) is 8.00. The van der Waals surface area contributed by atoms with Crippen molar-refractivity contribution >= 4 is 29.7 Å². The van der Waals surface area contributed by atoms with Gasteiger partial charge in [-0.25, -0.2) is 0 Å². The van der Waals surface area contributed by atoms with Gasteiger partial charge in [0.25, 0.3) is 0 Å². The molecule has 33 heavy (non-hydrogen) atoms. The maximum Gasteiger partial charge on any atom is 0.416 e. The third kappa shape index (κ3) is 7.55. The van der Waals surface area contributed by atoms with Crippen LogP contribution in [0.1, 0.15) is 26.3 Å². The van der Waals surface area contributed by atoms with Crippen LogP contribution in [0.5, 0.6) is 0 Å². The summed E-state index contributed by atoms with van der Waals surface area (Å²) in [5.41, 5.74) is 6.94. The Labute approximate surface area is 190 Å². The van der Waals surface area contributed by atoms with Gasteiger partial charge in [-0.15, -0.1) is 0 Å². The van der Waals surface area contributed by atoms with Gasteiger partial charge in [-0.05, 0) is 23.7 Å². The molecular weight excluding hydrogens is 471 g/mol. The van der Waals surface area contributed by atoms with Gasteiger partial charge in [-0.1, -0.05) is 22.9 Å². The molecular formula is C19H20F3N3O7S. The predicted octanol–water partition coefficient (Wildman–Crippen LogP) is 3.63. The number of esters is 3. The molecule has 0 aliphatic carbocycles. The third-order valence-electron chi connectivity index (χ3n) is 4.27. The summed E-state index contributed by atoms with van der Waals surface area (Å²) in [6.07, 6.45) is -8.40. The molecule has 180 valence electrons. The highest BCUT2D eigenvalue weighted by atomic mass is 32.2. The Morgan fingerprint density at radius 3 is 2.30 bits per heavy atom. The fraction of sp³-hybridized carbons (Fsp3) is 0.526. The Morgan fingerprint density at radius 1 is 1.12 bits per heavy atom. The number of hydrogen-bond acceptors (Lipinski definition) is 9. The van der Waals surface area contributed by atoms with Crippen molar-refractivity contribution < 1.29 is 46.5 Å². The van der Waals surface area contributed by atoms with Crippen LogP contribution in [0.4, 0.5) is 13.2 Å². The largest absolute Gasteiger partial charge is 0.463 e. The van der Waals surface area contributed by atoms with E-state index in [9.17, 15) is 27.6 Å². The number of carbonyl (C=O) groups is 3. The summed E-state index contributed by atoms with van der Waals surface area (Å²) in [5, 5.41) is 3.59. The fourth-order valence-corrected chi connectivity index (χ4v) is 4.22. The van der Waals surface area contributed by atoms with Crippen LogP contribution in [0.25, 0.3) is 10.4 Å². The molecule has 0 aromatic heterocycles. The lowest BCUT2D eigenvalue weighted by Crippen LogP contribution is -2.59. The summed E-state index contributed by atoms with van der Waals surface area (Å²) in [4.78, 5) is 37.5. The second kappa shape index (κ2) is 11.3. The minimum absolute atomic E-state index is 0.115. The highest BCUT2D eigenvalue weighted by Gasteiger charge is 2.50. The monoisotopic (exact) mass is 491 g/mol. The third-order valence-corrected chi connectivity index (χ3v) is 5.41. The minimum atomic E-state index is -4.59. The fourth-order valence-electron chi connectivity index (χ4n) is 3.05. The normalized spacial score (nSPS) is 24.8. The smallest absolute Gasteiger partial charge is 0.416 e. The predicted molar refractivity (Wildman–Crippen MR) is 107 cm³/mol. The Hall–Kier alpha value is -2.96. The lowest BCUT2D eigenvalue weighted by atomic mass is 9.97. The van der Waals surface area contributed by atoms with Crippen LogP contribution in [-0.4, -0.2) is 54.3 Å².